The third kappa shape index (κ3) is 4.15. The molecule has 1 aromatic rings. The molecule has 1 aromatic heterocycles. The SMILES string of the molecule is CC(C)(C)OC(=O)C1CCN(c2c(F)cncc2Br)CC1. The van der Waals surface area contributed by atoms with Crippen molar-refractivity contribution in [1.82, 2.24) is 4.98 Å². The van der Waals surface area contributed by atoms with E-state index in [0.717, 1.165) is 0 Å². The first kappa shape index (κ1) is 16.2. The summed E-state index contributed by atoms with van der Waals surface area (Å²) in [5.41, 5.74) is 0.0571. The number of hydrogen-bond donors (Lipinski definition) is 0. The lowest BCUT2D eigenvalue weighted by Gasteiger charge is -2.34. The molecular formula is C15H20BrFN2O2. The second-order valence-electron chi connectivity index (χ2n) is 6.25. The molecule has 0 N–H and O–H groups in total. The summed E-state index contributed by atoms with van der Waals surface area (Å²) in [6.45, 7) is 6.85. The highest BCUT2D eigenvalue weighted by Crippen LogP contribution is 2.32. The fraction of sp³-hybridized carbons (Fsp3) is 0.600. The number of esters is 1. The van der Waals surface area contributed by atoms with E-state index in [2.05, 4.69) is 20.9 Å². The van der Waals surface area contributed by atoms with Crippen LogP contribution in [0.15, 0.2) is 16.9 Å². The van der Waals surface area contributed by atoms with Crippen LogP contribution in [-0.4, -0.2) is 29.6 Å². The summed E-state index contributed by atoms with van der Waals surface area (Å²) in [7, 11) is 0. The van der Waals surface area contributed by atoms with Crippen LogP contribution in [0.3, 0.4) is 0 Å². The zero-order valence-electron chi connectivity index (χ0n) is 12.5. The van der Waals surface area contributed by atoms with E-state index in [4.69, 9.17) is 4.74 Å². The van der Waals surface area contributed by atoms with Gasteiger partial charge >= 0.3 is 5.97 Å². The van der Waals surface area contributed by atoms with Crippen molar-refractivity contribution in [3.63, 3.8) is 0 Å². The van der Waals surface area contributed by atoms with Gasteiger partial charge in [-0.25, -0.2) is 4.39 Å². The zero-order chi connectivity index (χ0) is 15.6. The molecule has 0 radical (unpaired) electrons. The Bertz CT molecular complexity index is 503. The topological polar surface area (TPSA) is 42.4 Å². The Morgan fingerprint density at radius 1 is 1.38 bits per heavy atom. The minimum Gasteiger partial charge on any atom is -0.460 e. The van der Waals surface area contributed by atoms with Gasteiger partial charge in [0.05, 0.1) is 22.3 Å². The maximum atomic E-state index is 13.9. The van der Waals surface area contributed by atoms with E-state index in [9.17, 15) is 9.18 Å². The van der Waals surface area contributed by atoms with Crippen LogP contribution >= 0.6 is 15.9 Å². The number of nitrogens with zero attached hydrogens (tertiary/aromatic N) is 2. The van der Waals surface area contributed by atoms with E-state index in [1.807, 2.05) is 25.7 Å². The summed E-state index contributed by atoms with van der Waals surface area (Å²) in [6, 6.07) is 0. The molecule has 0 unspecified atom stereocenters. The normalized spacial score (nSPS) is 16.9. The molecule has 0 aliphatic carbocycles. The molecule has 2 rings (SSSR count). The lowest BCUT2D eigenvalue weighted by molar-refractivity contribution is -0.160. The van der Waals surface area contributed by atoms with Gasteiger partial charge in [-0.3, -0.25) is 9.78 Å². The molecule has 4 nitrogen and oxygen atoms in total. The molecular weight excluding hydrogens is 339 g/mol. The first-order valence-corrected chi connectivity index (χ1v) is 7.84. The lowest BCUT2D eigenvalue weighted by atomic mass is 9.96. The average molecular weight is 359 g/mol. The van der Waals surface area contributed by atoms with E-state index >= 15 is 0 Å². The lowest BCUT2D eigenvalue weighted by Crippen LogP contribution is -2.39. The predicted molar refractivity (Wildman–Crippen MR) is 82.7 cm³/mol. The molecule has 116 valence electrons. The largest absolute Gasteiger partial charge is 0.460 e. The average Bonchev–Trinajstić information content (AvgIpc) is 2.37. The summed E-state index contributed by atoms with van der Waals surface area (Å²) in [5, 5.41) is 0. The van der Waals surface area contributed by atoms with Crippen molar-refractivity contribution in [2.24, 2.45) is 5.92 Å². The Kier molecular flexibility index (Phi) is 4.86. The quantitative estimate of drug-likeness (QED) is 0.758. The Balaban J connectivity index is 1.99. The second-order valence-corrected chi connectivity index (χ2v) is 7.10. The minimum atomic E-state index is -0.464. The highest BCUT2D eigenvalue weighted by molar-refractivity contribution is 9.10. The van der Waals surface area contributed by atoms with E-state index in [1.54, 1.807) is 6.20 Å². The molecule has 0 amide bonds. The summed E-state index contributed by atoms with van der Waals surface area (Å²) in [5.74, 6) is -0.611. The van der Waals surface area contributed by atoms with Crippen LogP contribution in [0.25, 0.3) is 0 Å². The monoisotopic (exact) mass is 358 g/mol. The molecule has 1 fully saturated rings. The van der Waals surface area contributed by atoms with E-state index in [1.165, 1.54) is 6.20 Å². The molecule has 0 aromatic carbocycles. The molecule has 0 atom stereocenters. The number of rotatable bonds is 2. The Morgan fingerprint density at radius 2 is 2.00 bits per heavy atom. The van der Waals surface area contributed by atoms with Crippen molar-refractivity contribution in [2.45, 2.75) is 39.2 Å². The van der Waals surface area contributed by atoms with E-state index in [-0.39, 0.29) is 17.7 Å². The van der Waals surface area contributed by atoms with Crippen molar-refractivity contribution in [3.05, 3.63) is 22.7 Å². The number of carbonyl (C=O) groups is 1. The number of halogens is 2. The van der Waals surface area contributed by atoms with Crippen LogP contribution in [0.5, 0.6) is 0 Å². The number of piperidine rings is 1. The van der Waals surface area contributed by atoms with Gasteiger partial charge in [0, 0.05) is 19.3 Å². The highest BCUT2D eigenvalue weighted by atomic mass is 79.9. The van der Waals surface area contributed by atoms with Crippen LogP contribution in [0.1, 0.15) is 33.6 Å². The number of hydrogen-bond acceptors (Lipinski definition) is 4. The number of aromatic nitrogens is 1. The van der Waals surface area contributed by atoms with Gasteiger partial charge in [0.1, 0.15) is 5.60 Å². The van der Waals surface area contributed by atoms with Crippen LogP contribution in [0.2, 0.25) is 0 Å². The Labute approximate surface area is 132 Å². The molecule has 0 bridgehead atoms. The summed E-state index contributed by atoms with van der Waals surface area (Å²) in [4.78, 5) is 17.8. The molecule has 0 spiro atoms. The number of ether oxygens (including phenoxy) is 1. The van der Waals surface area contributed by atoms with Gasteiger partial charge in [-0.05, 0) is 49.5 Å². The molecule has 1 saturated heterocycles. The standard InChI is InChI=1S/C15H20BrFN2O2/c1-15(2,3)21-14(20)10-4-6-19(7-5-10)13-11(16)8-18-9-12(13)17/h8-10H,4-7H2,1-3H3. The van der Waals surface area contributed by atoms with Gasteiger partial charge in [-0.15, -0.1) is 0 Å². The smallest absolute Gasteiger partial charge is 0.309 e. The van der Waals surface area contributed by atoms with Gasteiger partial charge in [-0.2, -0.15) is 0 Å². The van der Waals surface area contributed by atoms with E-state index in [0.29, 0.717) is 36.1 Å². The van der Waals surface area contributed by atoms with Gasteiger partial charge < -0.3 is 9.64 Å². The van der Waals surface area contributed by atoms with Gasteiger partial charge in [0.2, 0.25) is 0 Å². The molecule has 21 heavy (non-hydrogen) atoms. The third-order valence-electron chi connectivity index (χ3n) is 3.38. The van der Waals surface area contributed by atoms with Crippen LogP contribution < -0.4 is 4.90 Å². The number of anilines is 1. The molecule has 0 saturated carbocycles. The van der Waals surface area contributed by atoms with Crippen LogP contribution in [0.4, 0.5) is 10.1 Å². The summed E-state index contributed by atoms with van der Waals surface area (Å²) in [6.07, 6.45) is 4.13. The molecule has 1 aliphatic heterocycles. The predicted octanol–water partition coefficient (Wildman–Crippen LogP) is 3.54. The number of pyridine rings is 1. The van der Waals surface area contributed by atoms with Crippen molar-refractivity contribution in [2.75, 3.05) is 18.0 Å². The van der Waals surface area contributed by atoms with Gasteiger partial charge in [0.25, 0.3) is 0 Å². The molecule has 2 heterocycles. The minimum absolute atomic E-state index is 0.107. The molecule has 6 heteroatoms. The maximum absolute atomic E-state index is 13.9. The van der Waals surface area contributed by atoms with Crippen molar-refractivity contribution in [1.29, 1.82) is 0 Å². The van der Waals surface area contributed by atoms with Gasteiger partial charge in [-0.1, -0.05) is 0 Å². The Morgan fingerprint density at radius 3 is 2.52 bits per heavy atom. The first-order chi connectivity index (χ1) is 9.78. The maximum Gasteiger partial charge on any atom is 0.309 e. The molecule has 1 aliphatic rings. The van der Waals surface area contributed by atoms with Crippen molar-refractivity contribution in [3.8, 4) is 0 Å². The summed E-state index contributed by atoms with van der Waals surface area (Å²) < 4.78 is 19.9. The van der Waals surface area contributed by atoms with Gasteiger partial charge in [0.15, 0.2) is 5.82 Å². The second kappa shape index (κ2) is 6.30. The first-order valence-electron chi connectivity index (χ1n) is 7.05. The van der Waals surface area contributed by atoms with Crippen molar-refractivity contribution >= 4 is 27.6 Å². The van der Waals surface area contributed by atoms with Crippen molar-refractivity contribution < 1.29 is 13.9 Å². The highest BCUT2D eigenvalue weighted by Gasteiger charge is 2.30. The fourth-order valence-electron chi connectivity index (χ4n) is 2.43. The van der Waals surface area contributed by atoms with E-state index < -0.39 is 5.60 Å². The van der Waals surface area contributed by atoms with Crippen LogP contribution in [0, 0.1) is 11.7 Å². The van der Waals surface area contributed by atoms with Crippen LogP contribution in [-0.2, 0) is 9.53 Å². The fourth-order valence-corrected chi connectivity index (χ4v) is 2.99. The Hall–Kier alpha value is -1.17. The summed E-state index contributed by atoms with van der Waals surface area (Å²) >= 11 is 3.33. The number of carbonyl (C=O) groups excluding carboxylic acids is 1. The third-order valence-corrected chi connectivity index (χ3v) is 3.96. The zero-order valence-corrected chi connectivity index (χ0v) is 14.1.